The van der Waals surface area contributed by atoms with Crippen molar-refractivity contribution >= 4 is 40.4 Å². The van der Waals surface area contributed by atoms with E-state index in [2.05, 4.69) is 38.5 Å². The molecule has 1 aliphatic carbocycles. The molecule has 2 aliphatic rings. The zero-order valence-electron chi connectivity index (χ0n) is 11.8. The highest BCUT2D eigenvalue weighted by molar-refractivity contribution is 14.1. The molecular formula is C15H16IN3O3. The van der Waals surface area contributed by atoms with Gasteiger partial charge in [0.2, 0.25) is 0 Å². The molecule has 6 nitrogen and oxygen atoms in total. The number of carbonyl (C=O) groups excluding carboxylic acids is 3. The smallest absolute Gasteiger partial charge is 0.322 e. The second-order valence-electron chi connectivity index (χ2n) is 5.66. The number of amides is 4. The first-order valence-corrected chi connectivity index (χ1v) is 8.27. The van der Waals surface area contributed by atoms with E-state index in [0.29, 0.717) is 18.5 Å². The Morgan fingerprint density at radius 3 is 2.82 bits per heavy atom. The molecule has 3 rings (SSSR count). The second kappa shape index (κ2) is 5.86. The molecule has 1 aliphatic heterocycles. The minimum Gasteiger partial charge on any atom is -0.352 e. The Bertz CT molecular complexity index is 649. The average Bonchev–Trinajstić information content (AvgIpc) is 3.01. The topological polar surface area (TPSA) is 87.3 Å². The zero-order valence-corrected chi connectivity index (χ0v) is 14.0. The van der Waals surface area contributed by atoms with Crippen molar-refractivity contribution in [1.82, 2.24) is 16.0 Å². The van der Waals surface area contributed by atoms with Crippen molar-refractivity contribution in [2.75, 3.05) is 6.54 Å². The maximum absolute atomic E-state index is 12.3. The Morgan fingerprint density at radius 1 is 1.36 bits per heavy atom. The molecule has 1 aromatic rings. The van der Waals surface area contributed by atoms with Gasteiger partial charge in [-0.2, -0.15) is 0 Å². The van der Waals surface area contributed by atoms with Crippen LogP contribution < -0.4 is 16.0 Å². The molecule has 3 N–H and O–H groups in total. The number of carbonyl (C=O) groups is 3. The molecule has 1 aromatic carbocycles. The molecular weight excluding hydrogens is 397 g/mol. The van der Waals surface area contributed by atoms with E-state index < -0.39 is 11.6 Å². The van der Waals surface area contributed by atoms with Gasteiger partial charge in [-0.3, -0.25) is 14.9 Å². The molecule has 7 heteroatoms. The molecule has 1 saturated heterocycles. The van der Waals surface area contributed by atoms with Crippen LogP contribution in [0.5, 0.6) is 0 Å². The molecule has 0 aromatic heterocycles. The van der Waals surface area contributed by atoms with Crippen molar-refractivity contribution in [3.63, 3.8) is 0 Å². The Kier molecular flexibility index (Phi) is 4.07. The molecule has 4 amide bonds. The summed E-state index contributed by atoms with van der Waals surface area (Å²) >= 11 is 2.12. The van der Waals surface area contributed by atoms with Crippen LogP contribution in [0.15, 0.2) is 24.3 Å². The summed E-state index contributed by atoms with van der Waals surface area (Å²) in [6.45, 7) is 0.373. The minimum absolute atomic E-state index is 0.0794. The van der Waals surface area contributed by atoms with Crippen LogP contribution in [0.25, 0.3) is 0 Å². The Labute approximate surface area is 141 Å². The third-order valence-electron chi connectivity index (χ3n) is 4.42. The van der Waals surface area contributed by atoms with E-state index in [4.69, 9.17) is 0 Å². The highest BCUT2D eigenvalue weighted by Gasteiger charge is 2.54. The van der Waals surface area contributed by atoms with Crippen LogP contribution in [0.3, 0.4) is 0 Å². The Hall–Kier alpha value is -1.64. The average molecular weight is 413 g/mol. The molecule has 0 unspecified atom stereocenters. The van der Waals surface area contributed by atoms with Crippen LogP contribution in [-0.2, 0) is 4.79 Å². The third-order valence-corrected chi connectivity index (χ3v) is 5.36. The largest absolute Gasteiger partial charge is 0.352 e. The van der Waals surface area contributed by atoms with Gasteiger partial charge in [-0.1, -0.05) is 18.6 Å². The van der Waals surface area contributed by atoms with Gasteiger partial charge >= 0.3 is 6.03 Å². The van der Waals surface area contributed by atoms with Gasteiger partial charge in [0.15, 0.2) is 0 Å². The van der Waals surface area contributed by atoms with Crippen LogP contribution in [0.2, 0.25) is 0 Å². The van der Waals surface area contributed by atoms with E-state index in [0.717, 1.165) is 16.4 Å². The fourth-order valence-corrected chi connectivity index (χ4v) is 3.91. The van der Waals surface area contributed by atoms with E-state index in [1.807, 2.05) is 18.2 Å². The lowest BCUT2D eigenvalue weighted by atomic mass is 9.87. The SMILES string of the molecule is O=C1NC(=O)[C@@]2(CCC[C@@H]2CNC(=O)c2ccccc2I)N1. The van der Waals surface area contributed by atoms with Gasteiger partial charge in [0, 0.05) is 16.0 Å². The van der Waals surface area contributed by atoms with Gasteiger partial charge < -0.3 is 10.6 Å². The van der Waals surface area contributed by atoms with Crippen molar-refractivity contribution in [3.8, 4) is 0 Å². The maximum Gasteiger partial charge on any atom is 0.322 e. The molecule has 1 saturated carbocycles. The summed E-state index contributed by atoms with van der Waals surface area (Å²) < 4.78 is 0.880. The molecule has 2 atom stereocenters. The molecule has 22 heavy (non-hydrogen) atoms. The van der Waals surface area contributed by atoms with E-state index in [9.17, 15) is 14.4 Å². The number of rotatable bonds is 3. The van der Waals surface area contributed by atoms with Crippen LogP contribution in [0.1, 0.15) is 29.6 Å². The van der Waals surface area contributed by atoms with Crippen molar-refractivity contribution in [2.24, 2.45) is 5.92 Å². The first-order valence-electron chi connectivity index (χ1n) is 7.19. The summed E-state index contributed by atoms with van der Waals surface area (Å²) in [5.41, 5.74) is -0.233. The number of hydrogen-bond acceptors (Lipinski definition) is 3. The maximum atomic E-state index is 12.3. The van der Waals surface area contributed by atoms with Gasteiger partial charge in [-0.05, 0) is 47.6 Å². The predicted molar refractivity (Wildman–Crippen MR) is 88.2 cm³/mol. The van der Waals surface area contributed by atoms with Crippen LogP contribution in [-0.4, -0.2) is 29.9 Å². The van der Waals surface area contributed by atoms with Crippen molar-refractivity contribution in [1.29, 1.82) is 0 Å². The van der Waals surface area contributed by atoms with Gasteiger partial charge in [-0.25, -0.2) is 4.79 Å². The summed E-state index contributed by atoms with van der Waals surface area (Å²) in [6.07, 6.45) is 2.28. The van der Waals surface area contributed by atoms with E-state index in [1.165, 1.54) is 0 Å². The molecule has 0 radical (unpaired) electrons. The van der Waals surface area contributed by atoms with E-state index in [1.54, 1.807) is 6.07 Å². The molecule has 116 valence electrons. The van der Waals surface area contributed by atoms with Crippen molar-refractivity contribution in [2.45, 2.75) is 24.8 Å². The lowest BCUT2D eigenvalue weighted by Gasteiger charge is -2.28. The minimum atomic E-state index is -0.853. The van der Waals surface area contributed by atoms with Gasteiger partial charge in [0.05, 0.1) is 5.56 Å². The summed E-state index contributed by atoms with van der Waals surface area (Å²) in [6, 6.07) is 6.89. The van der Waals surface area contributed by atoms with Crippen molar-refractivity contribution in [3.05, 3.63) is 33.4 Å². The summed E-state index contributed by atoms with van der Waals surface area (Å²) in [7, 11) is 0. The number of imide groups is 1. The van der Waals surface area contributed by atoms with Crippen LogP contribution >= 0.6 is 22.6 Å². The van der Waals surface area contributed by atoms with Gasteiger partial charge in [-0.15, -0.1) is 0 Å². The van der Waals surface area contributed by atoms with Crippen LogP contribution in [0, 0.1) is 9.49 Å². The number of benzene rings is 1. The fourth-order valence-electron chi connectivity index (χ4n) is 3.28. The quantitative estimate of drug-likeness (QED) is 0.517. The monoisotopic (exact) mass is 413 g/mol. The number of halogens is 1. The molecule has 1 spiro atoms. The van der Waals surface area contributed by atoms with Gasteiger partial charge in [0.25, 0.3) is 11.8 Å². The Morgan fingerprint density at radius 2 is 2.14 bits per heavy atom. The summed E-state index contributed by atoms with van der Waals surface area (Å²) in [4.78, 5) is 35.8. The fraction of sp³-hybridized carbons (Fsp3) is 0.400. The predicted octanol–water partition coefficient (Wildman–Crippen LogP) is 1.40. The standard InChI is InChI=1S/C15H16IN3O3/c16-11-6-2-1-5-10(11)12(20)17-8-9-4-3-7-15(9)13(21)18-14(22)19-15/h1-2,5-6,9H,3-4,7-8H2,(H,17,20)(H2,18,19,21,22)/t9-,15+/m1/s1. The second-order valence-corrected chi connectivity index (χ2v) is 6.82. The van der Waals surface area contributed by atoms with Crippen LogP contribution in [0.4, 0.5) is 4.79 Å². The molecule has 2 fully saturated rings. The summed E-state index contributed by atoms with van der Waals surface area (Å²) in [5, 5.41) is 7.95. The molecule has 1 heterocycles. The lowest BCUT2D eigenvalue weighted by Crippen LogP contribution is -2.53. The Balaban J connectivity index is 1.69. The normalized spacial score (nSPS) is 26.9. The summed E-state index contributed by atoms with van der Waals surface area (Å²) in [5.74, 6) is -0.510. The van der Waals surface area contributed by atoms with Gasteiger partial charge in [0.1, 0.15) is 5.54 Å². The highest BCUT2D eigenvalue weighted by atomic mass is 127. The first kappa shape index (κ1) is 15.3. The van der Waals surface area contributed by atoms with E-state index in [-0.39, 0.29) is 17.7 Å². The zero-order chi connectivity index (χ0) is 15.7. The number of urea groups is 1. The first-order chi connectivity index (χ1) is 10.5. The van der Waals surface area contributed by atoms with E-state index >= 15 is 0 Å². The third kappa shape index (κ3) is 2.57. The lowest BCUT2D eigenvalue weighted by molar-refractivity contribution is -0.125. The molecule has 0 bridgehead atoms. The number of nitrogens with one attached hydrogen (secondary N) is 3. The van der Waals surface area contributed by atoms with Crippen molar-refractivity contribution < 1.29 is 14.4 Å². The highest BCUT2D eigenvalue weighted by Crippen LogP contribution is 2.37. The number of hydrogen-bond donors (Lipinski definition) is 3.